The average molecular weight is 441 g/mol. The third kappa shape index (κ3) is 2.85. The molecule has 1 unspecified atom stereocenters. The van der Waals surface area contributed by atoms with Gasteiger partial charge in [0.2, 0.25) is 0 Å². The number of amides is 1. The van der Waals surface area contributed by atoms with Crippen LogP contribution in [0.3, 0.4) is 0 Å². The van der Waals surface area contributed by atoms with Gasteiger partial charge < -0.3 is 15.2 Å². The van der Waals surface area contributed by atoms with Gasteiger partial charge in [0.15, 0.2) is 23.0 Å². The van der Waals surface area contributed by atoms with E-state index in [4.69, 9.17) is 5.73 Å². The summed E-state index contributed by atoms with van der Waals surface area (Å²) in [5, 5.41) is 0. The maximum absolute atomic E-state index is 14.7. The van der Waals surface area contributed by atoms with Crippen molar-refractivity contribution in [1.29, 1.82) is 0 Å². The van der Waals surface area contributed by atoms with Crippen molar-refractivity contribution < 1.29 is 27.4 Å². The fourth-order valence-electron chi connectivity index (χ4n) is 3.77. The quantitative estimate of drug-likeness (QED) is 0.671. The van der Waals surface area contributed by atoms with Crippen molar-refractivity contribution in [2.45, 2.75) is 11.8 Å². The van der Waals surface area contributed by atoms with E-state index < -0.39 is 23.6 Å². The van der Waals surface area contributed by atoms with Crippen molar-refractivity contribution >= 4 is 11.9 Å². The van der Waals surface area contributed by atoms with Crippen LogP contribution in [0.5, 0.6) is 11.5 Å². The van der Waals surface area contributed by atoms with Gasteiger partial charge in [0, 0.05) is 30.6 Å². The zero-order chi connectivity index (χ0) is 22.7. The topological polar surface area (TPSA) is 103 Å². The Morgan fingerprint density at radius 1 is 1.00 bits per heavy atom. The number of ether oxygens (including phenoxy) is 2. The van der Waals surface area contributed by atoms with Crippen LogP contribution in [0.1, 0.15) is 11.1 Å². The van der Waals surface area contributed by atoms with Crippen LogP contribution in [-0.2, 0) is 10.3 Å². The third-order valence-corrected chi connectivity index (χ3v) is 5.31. The van der Waals surface area contributed by atoms with Crippen LogP contribution in [0, 0.1) is 5.82 Å². The molecular formula is C21H14F3N5O3. The van der Waals surface area contributed by atoms with Gasteiger partial charge in [-0.05, 0) is 35.4 Å². The summed E-state index contributed by atoms with van der Waals surface area (Å²) in [6.45, 7) is 0. The average Bonchev–Trinajstić information content (AvgIpc) is 3.21. The molecule has 3 aromatic rings. The molecular weight excluding hydrogens is 427 g/mol. The molecule has 1 atom stereocenters. The fraction of sp³-hybridized carbons (Fsp3) is 0.143. The SMILES string of the molecule is CN1C(=O)C(c2ccc3c(c2)OC(F)(F)O3)(c2ccc(F)c(-c3cncnc3)c2)N=C1N. The maximum Gasteiger partial charge on any atom is 0.586 e. The molecule has 2 N–H and O–H groups in total. The molecule has 1 aromatic heterocycles. The lowest BCUT2D eigenvalue weighted by Gasteiger charge is -2.26. The Morgan fingerprint density at radius 2 is 1.66 bits per heavy atom. The Morgan fingerprint density at radius 3 is 2.34 bits per heavy atom. The van der Waals surface area contributed by atoms with E-state index in [-0.39, 0.29) is 34.1 Å². The number of nitrogens with zero attached hydrogens (tertiary/aromatic N) is 4. The zero-order valence-corrected chi connectivity index (χ0v) is 16.4. The highest BCUT2D eigenvalue weighted by Crippen LogP contribution is 2.47. The van der Waals surface area contributed by atoms with Crippen molar-refractivity contribution in [1.82, 2.24) is 14.9 Å². The number of aromatic nitrogens is 2. The molecule has 2 aliphatic heterocycles. The van der Waals surface area contributed by atoms with E-state index in [1.807, 2.05) is 0 Å². The summed E-state index contributed by atoms with van der Waals surface area (Å²) >= 11 is 0. The van der Waals surface area contributed by atoms with Crippen LogP contribution in [-0.4, -0.2) is 40.1 Å². The van der Waals surface area contributed by atoms with Gasteiger partial charge in [-0.1, -0.05) is 12.1 Å². The molecule has 0 spiro atoms. The van der Waals surface area contributed by atoms with E-state index in [0.29, 0.717) is 5.56 Å². The summed E-state index contributed by atoms with van der Waals surface area (Å²) in [6.07, 6.45) is 0.314. The molecule has 0 fully saturated rings. The van der Waals surface area contributed by atoms with E-state index in [1.54, 1.807) is 0 Å². The van der Waals surface area contributed by atoms with E-state index in [1.165, 1.54) is 62.2 Å². The summed E-state index contributed by atoms with van der Waals surface area (Å²) in [4.78, 5) is 26.7. The second-order valence-corrected chi connectivity index (χ2v) is 7.20. The third-order valence-electron chi connectivity index (χ3n) is 5.31. The lowest BCUT2D eigenvalue weighted by molar-refractivity contribution is -0.286. The molecule has 0 aliphatic carbocycles. The number of carbonyl (C=O) groups excluding carboxylic acids is 1. The van der Waals surface area contributed by atoms with E-state index in [0.717, 1.165) is 4.90 Å². The summed E-state index contributed by atoms with van der Waals surface area (Å²) in [6, 6.07) is 7.89. The minimum atomic E-state index is -3.83. The molecule has 162 valence electrons. The summed E-state index contributed by atoms with van der Waals surface area (Å²) in [5.74, 6) is -1.66. The number of hydrogen-bond donors (Lipinski definition) is 1. The predicted molar refractivity (Wildman–Crippen MR) is 105 cm³/mol. The number of halogens is 3. The molecule has 5 rings (SSSR count). The number of carbonyl (C=O) groups is 1. The number of benzene rings is 2. The number of hydrogen-bond acceptors (Lipinski definition) is 7. The zero-order valence-electron chi connectivity index (χ0n) is 16.4. The minimum absolute atomic E-state index is 0.0908. The van der Waals surface area contributed by atoms with Crippen LogP contribution in [0.25, 0.3) is 11.1 Å². The van der Waals surface area contributed by atoms with Gasteiger partial charge in [0.25, 0.3) is 5.91 Å². The number of nitrogens with two attached hydrogens (primary N) is 1. The fourth-order valence-corrected chi connectivity index (χ4v) is 3.77. The van der Waals surface area contributed by atoms with Crippen LogP contribution in [0.15, 0.2) is 60.1 Å². The second kappa shape index (κ2) is 6.67. The van der Waals surface area contributed by atoms with Crippen molar-refractivity contribution in [2.75, 3.05) is 7.05 Å². The Kier molecular flexibility index (Phi) is 4.13. The molecule has 2 aliphatic rings. The highest BCUT2D eigenvalue weighted by molar-refractivity contribution is 6.09. The minimum Gasteiger partial charge on any atom is -0.395 e. The Labute approximate surface area is 179 Å². The smallest absolute Gasteiger partial charge is 0.395 e. The van der Waals surface area contributed by atoms with Crippen LogP contribution in [0.2, 0.25) is 0 Å². The monoisotopic (exact) mass is 441 g/mol. The first-order valence-electron chi connectivity index (χ1n) is 9.30. The Balaban J connectivity index is 1.72. The summed E-state index contributed by atoms with van der Waals surface area (Å²) < 4.78 is 50.7. The van der Waals surface area contributed by atoms with E-state index in [2.05, 4.69) is 24.4 Å². The molecule has 1 amide bonds. The number of aliphatic imine (C=N–C) groups is 1. The second-order valence-electron chi connectivity index (χ2n) is 7.20. The van der Waals surface area contributed by atoms with Crippen molar-refractivity contribution in [3.63, 3.8) is 0 Å². The number of alkyl halides is 2. The Hall–Kier alpha value is -4.15. The highest BCUT2D eigenvalue weighted by Gasteiger charge is 2.51. The molecule has 0 radical (unpaired) electrons. The van der Waals surface area contributed by atoms with E-state index >= 15 is 0 Å². The number of fused-ring (bicyclic) bond motifs is 1. The van der Waals surface area contributed by atoms with Crippen molar-refractivity contribution in [3.05, 3.63) is 72.1 Å². The van der Waals surface area contributed by atoms with E-state index in [9.17, 15) is 18.0 Å². The van der Waals surface area contributed by atoms with Gasteiger partial charge in [-0.2, -0.15) is 0 Å². The largest absolute Gasteiger partial charge is 0.586 e. The molecule has 11 heteroatoms. The van der Waals surface area contributed by atoms with Gasteiger partial charge in [0.1, 0.15) is 12.1 Å². The molecule has 0 saturated heterocycles. The summed E-state index contributed by atoms with van der Waals surface area (Å²) in [5.41, 5.74) is 5.15. The van der Waals surface area contributed by atoms with Crippen LogP contribution >= 0.6 is 0 Å². The standard InChI is InChI=1S/C21H14F3N5O3/c1-29-18(30)20(28-19(29)25,13-3-5-16-17(7-13)32-21(23,24)31-16)12-2-4-15(22)14(6-12)11-8-26-10-27-9-11/h2-10H,1H3,(H2,25,28). The Bertz CT molecular complexity index is 1280. The van der Waals surface area contributed by atoms with Gasteiger partial charge in [0.05, 0.1) is 0 Å². The number of guanidine groups is 1. The van der Waals surface area contributed by atoms with Gasteiger partial charge >= 0.3 is 6.29 Å². The first-order chi connectivity index (χ1) is 15.2. The van der Waals surface area contributed by atoms with Crippen LogP contribution < -0.4 is 15.2 Å². The molecule has 0 saturated carbocycles. The molecule has 32 heavy (non-hydrogen) atoms. The maximum atomic E-state index is 14.7. The van der Waals surface area contributed by atoms with Crippen molar-refractivity contribution in [3.8, 4) is 22.6 Å². The molecule has 3 heterocycles. The summed E-state index contributed by atoms with van der Waals surface area (Å²) in [7, 11) is 1.43. The van der Waals surface area contributed by atoms with Crippen LogP contribution in [0.4, 0.5) is 13.2 Å². The lowest BCUT2D eigenvalue weighted by atomic mass is 9.81. The highest BCUT2D eigenvalue weighted by atomic mass is 19.3. The first kappa shape index (κ1) is 19.8. The predicted octanol–water partition coefficient (Wildman–Crippen LogP) is 2.63. The first-order valence-corrected chi connectivity index (χ1v) is 9.30. The van der Waals surface area contributed by atoms with Gasteiger partial charge in [-0.3, -0.25) is 9.69 Å². The van der Waals surface area contributed by atoms with Crippen molar-refractivity contribution in [2.24, 2.45) is 10.7 Å². The number of rotatable bonds is 3. The lowest BCUT2D eigenvalue weighted by Crippen LogP contribution is -2.41. The molecule has 2 aromatic carbocycles. The molecule has 0 bridgehead atoms. The normalized spacial score (nSPS) is 21.1. The molecule has 8 nitrogen and oxygen atoms in total. The number of likely N-dealkylation sites (N-methyl/N-ethyl adjacent to an activating group) is 1. The van der Waals surface area contributed by atoms with Gasteiger partial charge in [-0.25, -0.2) is 19.4 Å². The van der Waals surface area contributed by atoms with Gasteiger partial charge in [-0.15, -0.1) is 8.78 Å².